The largest absolute Gasteiger partial charge is 0.504 e. The van der Waals surface area contributed by atoms with E-state index in [9.17, 15) is 61.3 Å². The SMILES string of the molecule is CC(c1ccc(C(C)(c2cc(O)c(O)c(O)c2)c2cc(O)c(O)c(O)c2)cc1)(c1cc(O)c(O)c(O)c1)c1cc(O)c(O)c(O)c1. The molecule has 5 rings (SSSR count). The number of phenols is 12. The highest BCUT2D eigenvalue weighted by Crippen LogP contribution is 2.51. The third-order valence-electron chi connectivity index (χ3n) is 8.63. The first-order chi connectivity index (χ1) is 21.5. The quantitative estimate of drug-likeness (QED) is 0.0889. The molecule has 0 heterocycles. The van der Waals surface area contributed by atoms with Crippen LogP contribution in [0.5, 0.6) is 69.0 Å². The van der Waals surface area contributed by atoms with E-state index in [1.54, 1.807) is 38.1 Å². The van der Waals surface area contributed by atoms with E-state index in [0.717, 1.165) is 0 Å². The molecule has 0 aliphatic heterocycles. The molecule has 0 radical (unpaired) electrons. The molecule has 12 N–H and O–H groups in total. The van der Waals surface area contributed by atoms with Crippen LogP contribution in [-0.2, 0) is 10.8 Å². The van der Waals surface area contributed by atoms with Gasteiger partial charge in [-0.15, -0.1) is 0 Å². The van der Waals surface area contributed by atoms with Gasteiger partial charge in [0.25, 0.3) is 0 Å². The minimum atomic E-state index is -1.40. The topological polar surface area (TPSA) is 243 Å². The Bertz CT molecular complexity index is 1650. The molecule has 0 aromatic heterocycles. The molecule has 0 amide bonds. The lowest BCUT2D eigenvalue weighted by molar-refractivity contribution is 0.364. The fraction of sp³-hybridized carbons (Fsp3) is 0.118. The van der Waals surface area contributed by atoms with Crippen molar-refractivity contribution in [3.8, 4) is 69.0 Å². The second-order valence-corrected chi connectivity index (χ2v) is 11.3. The van der Waals surface area contributed by atoms with Crippen molar-refractivity contribution >= 4 is 0 Å². The van der Waals surface area contributed by atoms with Gasteiger partial charge in [0.1, 0.15) is 0 Å². The van der Waals surface area contributed by atoms with Gasteiger partial charge in [-0.05, 0) is 95.8 Å². The molecule has 0 aliphatic carbocycles. The zero-order valence-corrected chi connectivity index (χ0v) is 24.3. The molecule has 46 heavy (non-hydrogen) atoms. The van der Waals surface area contributed by atoms with Gasteiger partial charge in [0.2, 0.25) is 0 Å². The van der Waals surface area contributed by atoms with Gasteiger partial charge in [0.05, 0.1) is 0 Å². The average Bonchev–Trinajstić information content (AvgIpc) is 3.02. The predicted molar refractivity (Wildman–Crippen MR) is 163 cm³/mol. The lowest BCUT2D eigenvalue weighted by Gasteiger charge is -2.35. The summed E-state index contributed by atoms with van der Waals surface area (Å²) in [6, 6.07) is 15.9. The van der Waals surface area contributed by atoms with E-state index < -0.39 is 79.8 Å². The zero-order chi connectivity index (χ0) is 33.9. The number of rotatable bonds is 6. The lowest BCUT2D eigenvalue weighted by Crippen LogP contribution is -2.27. The Morgan fingerprint density at radius 1 is 0.283 bits per heavy atom. The van der Waals surface area contributed by atoms with Crippen LogP contribution >= 0.6 is 0 Å². The second-order valence-electron chi connectivity index (χ2n) is 11.3. The van der Waals surface area contributed by atoms with Gasteiger partial charge in [-0.1, -0.05) is 24.3 Å². The molecular formula is C34H30O12. The highest BCUT2D eigenvalue weighted by molar-refractivity contribution is 5.64. The maximum Gasteiger partial charge on any atom is 0.200 e. The molecule has 12 heteroatoms. The number of phenolic OH excluding ortho intramolecular Hbond substituents is 12. The first-order valence-electron chi connectivity index (χ1n) is 13.6. The minimum Gasteiger partial charge on any atom is -0.504 e. The van der Waals surface area contributed by atoms with E-state index in [2.05, 4.69) is 0 Å². The third kappa shape index (κ3) is 4.72. The van der Waals surface area contributed by atoms with Gasteiger partial charge < -0.3 is 61.3 Å². The van der Waals surface area contributed by atoms with Crippen LogP contribution in [0, 0.1) is 0 Å². The highest BCUT2D eigenvalue weighted by Gasteiger charge is 2.37. The fourth-order valence-electron chi connectivity index (χ4n) is 5.71. The lowest BCUT2D eigenvalue weighted by atomic mass is 9.68. The maximum absolute atomic E-state index is 10.4. The standard InChI is InChI=1S/C34H30O12/c1-33(17-7-21(35)29(43)22(36)8-17,18-9-23(37)30(44)24(38)10-18)15-3-5-16(6-4-15)34(2,19-11-25(39)31(45)26(40)12-19)20-13-27(41)32(46)28(42)14-20/h3-14,35-46H,1-2H3. The summed E-state index contributed by atoms with van der Waals surface area (Å²) in [4.78, 5) is 0. The molecule has 0 spiro atoms. The van der Waals surface area contributed by atoms with Crippen molar-refractivity contribution in [2.45, 2.75) is 24.7 Å². The van der Waals surface area contributed by atoms with Gasteiger partial charge >= 0.3 is 0 Å². The number of aromatic hydroxyl groups is 12. The van der Waals surface area contributed by atoms with Crippen LogP contribution in [0.4, 0.5) is 0 Å². The van der Waals surface area contributed by atoms with E-state index in [1.165, 1.54) is 48.5 Å². The zero-order valence-electron chi connectivity index (χ0n) is 24.3. The van der Waals surface area contributed by atoms with E-state index in [-0.39, 0.29) is 22.3 Å². The number of hydrogen-bond acceptors (Lipinski definition) is 12. The molecule has 12 nitrogen and oxygen atoms in total. The Morgan fingerprint density at radius 3 is 0.587 bits per heavy atom. The number of hydrogen-bond donors (Lipinski definition) is 12. The van der Waals surface area contributed by atoms with Crippen molar-refractivity contribution in [3.63, 3.8) is 0 Å². The molecule has 0 saturated carbocycles. The average molecular weight is 631 g/mol. The van der Waals surface area contributed by atoms with Crippen LogP contribution in [0.2, 0.25) is 0 Å². The van der Waals surface area contributed by atoms with Crippen LogP contribution in [0.1, 0.15) is 47.2 Å². The molecule has 238 valence electrons. The van der Waals surface area contributed by atoms with Crippen LogP contribution in [0.25, 0.3) is 0 Å². The molecule has 0 fully saturated rings. The summed E-state index contributed by atoms with van der Waals surface area (Å²) in [6.45, 7) is 3.26. The van der Waals surface area contributed by atoms with Crippen molar-refractivity contribution in [2.75, 3.05) is 0 Å². The monoisotopic (exact) mass is 630 g/mol. The first kappa shape index (κ1) is 31.1. The summed E-state index contributed by atoms with van der Waals surface area (Å²) in [5.74, 6) is -8.32. The fourth-order valence-corrected chi connectivity index (χ4v) is 5.71. The minimum absolute atomic E-state index is 0.196. The van der Waals surface area contributed by atoms with E-state index >= 15 is 0 Å². The van der Waals surface area contributed by atoms with E-state index in [4.69, 9.17) is 0 Å². The summed E-state index contributed by atoms with van der Waals surface area (Å²) >= 11 is 0. The van der Waals surface area contributed by atoms with E-state index in [1.807, 2.05) is 0 Å². The van der Waals surface area contributed by atoms with E-state index in [0.29, 0.717) is 11.1 Å². The molecule has 0 atom stereocenters. The van der Waals surface area contributed by atoms with Gasteiger partial charge in [0, 0.05) is 10.8 Å². The predicted octanol–water partition coefficient (Wildman–Crippen LogP) is 4.86. The summed E-state index contributed by atoms with van der Waals surface area (Å²) in [5, 5.41) is 123. The van der Waals surface area contributed by atoms with Gasteiger partial charge in [0.15, 0.2) is 69.0 Å². The molecule has 0 unspecified atom stereocenters. The number of benzene rings is 5. The van der Waals surface area contributed by atoms with Gasteiger partial charge in [-0.3, -0.25) is 0 Å². The summed E-state index contributed by atoms with van der Waals surface area (Å²) in [6.07, 6.45) is 0. The van der Waals surface area contributed by atoms with Crippen LogP contribution < -0.4 is 0 Å². The van der Waals surface area contributed by atoms with Crippen LogP contribution in [0.3, 0.4) is 0 Å². The second kappa shape index (κ2) is 10.7. The molecule has 5 aromatic rings. The van der Waals surface area contributed by atoms with Gasteiger partial charge in [-0.25, -0.2) is 0 Å². The van der Waals surface area contributed by atoms with Crippen LogP contribution in [-0.4, -0.2) is 61.3 Å². The maximum atomic E-state index is 10.4. The van der Waals surface area contributed by atoms with Gasteiger partial charge in [-0.2, -0.15) is 0 Å². The highest BCUT2D eigenvalue weighted by atomic mass is 16.3. The molecule has 5 aromatic carbocycles. The molecular weight excluding hydrogens is 600 g/mol. The summed E-state index contributed by atoms with van der Waals surface area (Å²) in [5.41, 5.74) is -1.15. The van der Waals surface area contributed by atoms with Crippen molar-refractivity contribution in [3.05, 3.63) is 106 Å². The normalized spacial score (nSPS) is 11.9. The van der Waals surface area contributed by atoms with Crippen molar-refractivity contribution in [1.29, 1.82) is 0 Å². The molecule has 0 aliphatic rings. The molecule has 0 saturated heterocycles. The van der Waals surface area contributed by atoms with Crippen molar-refractivity contribution in [1.82, 2.24) is 0 Å². The molecule has 0 bridgehead atoms. The smallest absolute Gasteiger partial charge is 0.200 e. The Balaban J connectivity index is 1.78. The Hall–Kier alpha value is -6.30. The first-order valence-corrected chi connectivity index (χ1v) is 13.6. The van der Waals surface area contributed by atoms with Crippen molar-refractivity contribution < 1.29 is 61.3 Å². The summed E-state index contributed by atoms with van der Waals surface area (Å²) in [7, 11) is 0. The van der Waals surface area contributed by atoms with Crippen LogP contribution in [0.15, 0.2) is 72.8 Å². The Morgan fingerprint density at radius 2 is 0.435 bits per heavy atom. The Kier molecular flexibility index (Phi) is 7.24. The third-order valence-corrected chi connectivity index (χ3v) is 8.63. The van der Waals surface area contributed by atoms with Crippen molar-refractivity contribution in [2.24, 2.45) is 0 Å². The summed E-state index contributed by atoms with van der Waals surface area (Å²) < 4.78 is 0. The Labute approximate surface area is 261 Å².